The lowest BCUT2D eigenvalue weighted by Gasteiger charge is -2.12. The van der Waals surface area contributed by atoms with Crippen molar-refractivity contribution in [2.75, 3.05) is 5.32 Å². The molecule has 1 heterocycles. The highest BCUT2D eigenvalue weighted by molar-refractivity contribution is 6.31. The second-order valence-corrected chi connectivity index (χ2v) is 4.56. The highest BCUT2D eigenvalue weighted by atomic mass is 35.5. The van der Waals surface area contributed by atoms with Crippen molar-refractivity contribution < 1.29 is 4.79 Å². The van der Waals surface area contributed by atoms with Crippen LogP contribution in [0.3, 0.4) is 0 Å². The molecule has 100 valence electrons. The molecule has 3 N–H and O–H groups in total. The standard InChI is InChI=1S/C12H14ClN5O/c1-7-3-4-9(5-10(7)13)17-12(19)16-8(2)11-14-6-15-18-11/h3-6,8H,1-2H3,(H,14,15,18)(H2,16,17,19)/t8-/m0/s1. The van der Waals surface area contributed by atoms with Crippen molar-refractivity contribution >= 4 is 23.3 Å². The Balaban J connectivity index is 1.95. The van der Waals surface area contributed by atoms with Gasteiger partial charge in [-0.2, -0.15) is 5.10 Å². The monoisotopic (exact) mass is 279 g/mol. The molecule has 0 saturated heterocycles. The summed E-state index contributed by atoms with van der Waals surface area (Å²) in [6, 6.07) is 4.75. The molecule has 1 aromatic heterocycles. The van der Waals surface area contributed by atoms with Crippen LogP contribution < -0.4 is 10.6 Å². The van der Waals surface area contributed by atoms with Crippen LogP contribution in [-0.4, -0.2) is 21.2 Å². The maximum atomic E-state index is 11.8. The summed E-state index contributed by atoms with van der Waals surface area (Å²) in [4.78, 5) is 15.8. The minimum absolute atomic E-state index is 0.261. The lowest BCUT2D eigenvalue weighted by molar-refractivity contribution is 0.249. The van der Waals surface area contributed by atoms with Crippen LogP contribution in [0.5, 0.6) is 0 Å². The number of rotatable bonds is 3. The fourth-order valence-electron chi connectivity index (χ4n) is 1.53. The zero-order valence-corrected chi connectivity index (χ0v) is 11.3. The van der Waals surface area contributed by atoms with E-state index in [0.717, 1.165) is 5.56 Å². The van der Waals surface area contributed by atoms with Crippen molar-refractivity contribution in [3.05, 3.63) is 40.9 Å². The minimum atomic E-state index is -0.330. The highest BCUT2D eigenvalue weighted by Gasteiger charge is 2.11. The first-order valence-corrected chi connectivity index (χ1v) is 6.13. The van der Waals surface area contributed by atoms with Gasteiger partial charge in [-0.15, -0.1) is 0 Å². The van der Waals surface area contributed by atoms with Gasteiger partial charge < -0.3 is 10.6 Å². The normalized spacial score (nSPS) is 11.9. The first kappa shape index (κ1) is 13.4. The third-order valence-electron chi connectivity index (χ3n) is 2.62. The number of benzene rings is 1. The van der Waals surface area contributed by atoms with Gasteiger partial charge in [0.15, 0.2) is 0 Å². The molecule has 7 heteroatoms. The number of nitrogens with zero attached hydrogens (tertiary/aromatic N) is 2. The van der Waals surface area contributed by atoms with Crippen molar-refractivity contribution in [2.24, 2.45) is 0 Å². The van der Waals surface area contributed by atoms with Crippen molar-refractivity contribution in [1.29, 1.82) is 0 Å². The molecular formula is C12H14ClN5O. The Morgan fingerprint density at radius 2 is 2.26 bits per heavy atom. The van der Waals surface area contributed by atoms with E-state index in [1.807, 2.05) is 19.9 Å². The average molecular weight is 280 g/mol. The van der Waals surface area contributed by atoms with Gasteiger partial charge >= 0.3 is 6.03 Å². The van der Waals surface area contributed by atoms with Crippen molar-refractivity contribution in [2.45, 2.75) is 19.9 Å². The summed E-state index contributed by atoms with van der Waals surface area (Å²) in [5.41, 5.74) is 1.60. The molecule has 0 saturated carbocycles. The molecule has 0 aliphatic heterocycles. The second kappa shape index (κ2) is 5.71. The van der Waals surface area contributed by atoms with Crippen molar-refractivity contribution in [3.8, 4) is 0 Å². The van der Waals surface area contributed by atoms with Crippen molar-refractivity contribution in [3.63, 3.8) is 0 Å². The number of aryl methyl sites for hydroxylation is 1. The van der Waals surface area contributed by atoms with Gasteiger partial charge in [0.25, 0.3) is 0 Å². The Bertz CT molecular complexity index is 570. The number of H-pyrrole nitrogens is 1. The van der Waals surface area contributed by atoms with Crippen LogP contribution in [0.4, 0.5) is 10.5 Å². The SMILES string of the molecule is Cc1ccc(NC(=O)N[C@@H](C)c2ncn[nH]2)cc1Cl. The van der Waals surface area contributed by atoms with E-state index < -0.39 is 0 Å². The number of aromatic amines is 1. The fourth-order valence-corrected chi connectivity index (χ4v) is 1.71. The zero-order valence-electron chi connectivity index (χ0n) is 10.6. The molecule has 0 bridgehead atoms. The molecule has 2 aromatic rings. The number of amides is 2. The molecule has 0 unspecified atom stereocenters. The Kier molecular flexibility index (Phi) is 4.01. The number of halogens is 1. The topological polar surface area (TPSA) is 82.7 Å². The lowest BCUT2D eigenvalue weighted by atomic mass is 10.2. The Labute approximate surface area is 115 Å². The van der Waals surface area contributed by atoms with E-state index in [-0.39, 0.29) is 12.1 Å². The first-order chi connectivity index (χ1) is 9.06. The smallest absolute Gasteiger partial charge is 0.319 e. The van der Waals surface area contributed by atoms with E-state index in [4.69, 9.17) is 11.6 Å². The number of nitrogens with one attached hydrogen (secondary N) is 3. The summed E-state index contributed by atoms with van der Waals surface area (Å²) in [5, 5.41) is 12.5. The number of hydrogen-bond donors (Lipinski definition) is 3. The molecule has 0 aliphatic rings. The van der Waals surface area contributed by atoms with Gasteiger partial charge in [-0.1, -0.05) is 17.7 Å². The molecule has 0 spiro atoms. The van der Waals surface area contributed by atoms with E-state index in [1.54, 1.807) is 12.1 Å². The largest absolute Gasteiger partial charge is 0.328 e. The number of carbonyl (C=O) groups is 1. The van der Waals surface area contributed by atoms with Gasteiger partial charge in [0.2, 0.25) is 0 Å². The molecule has 0 fully saturated rings. The predicted molar refractivity (Wildman–Crippen MR) is 73.1 cm³/mol. The quantitative estimate of drug-likeness (QED) is 0.808. The summed E-state index contributed by atoms with van der Waals surface area (Å²) in [7, 11) is 0. The van der Waals surface area contributed by atoms with Crippen LogP contribution in [0.15, 0.2) is 24.5 Å². The fraction of sp³-hybridized carbons (Fsp3) is 0.250. The minimum Gasteiger partial charge on any atom is -0.328 e. The third kappa shape index (κ3) is 3.45. The predicted octanol–water partition coefficient (Wildman–Crippen LogP) is 2.65. The Morgan fingerprint density at radius 1 is 1.47 bits per heavy atom. The molecule has 2 amide bonds. The summed E-state index contributed by atoms with van der Waals surface area (Å²) >= 11 is 5.99. The van der Waals surface area contributed by atoms with Crippen LogP contribution in [0, 0.1) is 6.92 Å². The van der Waals surface area contributed by atoms with Crippen LogP contribution in [0.1, 0.15) is 24.4 Å². The van der Waals surface area contributed by atoms with Gasteiger partial charge in [-0.05, 0) is 31.5 Å². The molecule has 19 heavy (non-hydrogen) atoms. The summed E-state index contributed by atoms with van der Waals surface area (Å²) in [5.74, 6) is 0.595. The summed E-state index contributed by atoms with van der Waals surface area (Å²) in [6.07, 6.45) is 1.39. The number of carbonyl (C=O) groups excluding carboxylic acids is 1. The molecule has 0 radical (unpaired) electrons. The lowest BCUT2D eigenvalue weighted by Crippen LogP contribution is -2.31. The molecular weight excluding hydrogens is 266 g/mol. The van der Waals surface area contributed by atoms with Crippen LogP contribution >= 0.6 is 11.6 Å². The molecule has 1 aromatic carbocycles. The van der Waals surface area contributed by atoms with Gasteiger partial charge in [0.05, 0.1) is 6.04 Å². The van der Waals surface area contributed by atoms with E-state index in [1.165, 1.54) is 6.33 Å². The van der Waals surface area contributed by atoms with Crippen molar-refractivity contribution in [1.82, 2.24) is 20.5 Å². The number of urea groups is 1. The van der Waals surface area contributed by atoms with Crippen LogP contribution in [0.25, 0.3) is 0 Å². The van der Waals surface area contributed by atoms with Gasteiger partial charge in [-0.25, -0.2) is 9.78 Å². The van der Waals surface area contributed by atoms with Gasteiger partial charge in [-0.3, -0.25) is 5.10 Å². The highest BCUT2D eigenvalue weighted by Crippen LogP contribution is 2.19. The second-order valence-electron chi connectivity index (χ2n) is 4.15. The number of aromatic nitrogens is 3. The third-order valence-corrected chi connectivity index (χ3v) is 3.03. The summed E-state index contributed by atoms with van der Waals surface area (Å²) in [6.45, 7) is 3.71. The number of anilines is 1. The maximum Gasteiger partial charge on any atom is 0.319 e. The van der Waals surface area contributed by atoms with E-state index in [0.29, 0.717) is 16.5 Å². The zero-order chi connectivity index (χ0) is 13.8. The van der Waals surface area contributed by atoms with Gasteiger partial charge in [0, 0.05) is 10.7 Å². The van der Waals surface area contributed by atoms with E-state index in [2.05, 4.69) is 25.8 Å². The Hall–Kier alpha value is -2.08. The van der Waals surface area contributed by atoms with Gasteiger partial charge in [0.1, 0.15) is 12.2 Å². The summed E-state index contributed by atoms with van der Waals surface area (Å²) < 4.78 is 0. The van der Waals surface area contributed by atoms with E-state index in [9.17, 15) is 4.79 Å². The van der Waals surface area contributed by atoms with E-state index >= 15 is 0 Å². The Morgan fingerprint density at radius 3 is 2.89 bits per heavy atom. The first-order valence-electron chi connectivity index (χ1n) is 5.75. The average Bonchev–Trinajstić information content (AvgIpc) is 2.87. The molecule has 0 aliphatic carbocycles. The van der Waals surface area contributed by atoms with Crippen LogP contribution in [-0.2, 0) is 0 Å². The molecule has 6 nitrogen and oxygen atoms in total. The molecule has 2 rings (SSSR count). The molecule has 1 atom stereocenters. The van der Waals surface area contributed by atoms with Crippen LogP contribution in [0.2, 0.25) is 5.02 Å². The number of hydrogen-bond acceptors (Lipinski definition) is 3. The maximum absolute atomic E-state index is 11.8.